The lowest BCUT2D eigenvalue weighted by Gasteiger charge is -2.25. The number of unbranched alkanes of at least 4 members (excludes halogenated alkanes) is 16. The molecule has 0 radical (unpaired) electrons. The maximum Gasteiger partial charge on any atom is 0.361 e. The molecule has 0 aliphatic carbocycles. The van der Waals surface area contributed by atoms with E-state index in [1.807, 2.05) is 21.1 Å². The van der Waals surface area contributed by atoms with E-state index in [9.17, 15) is 19.5 Å². The molecule has 0 aromatic carbocycles. The number of ether oxygens (including phenoxy) is 4. The number of allylic oxidation sites excluding steroid dienone is 24. The molecular formula is C70H114NO8+. The zero-order chi connectivity index (χ0) is 57.6. The van der Waals surface area contributed by atoms with Gasteiger partial charge in [0.2, 0.25) is 0 Å². The molecule has 2 atom stereocenters. The summed E-state index contributed by atoms with van der Waals surface area (Å²) in [6, 6.07) is 0. The standard InChI is InChI=1S/C70H113NO8/c1-6-8-10-12-14-16-18-20-22-24-26-28-30-32-34-36-38-40-42-44-46-48-50-52-54-56-58-60-67(72)77-64-66(65-78-70(69(74)75)76-63-62-71(3,4)5)79-68(73)61-59-57-55-53-51-49-47-45-43-41-39-37-35-33-31-29-27-25-23-21-19-17-15-13-11-9-7-2/h8-11,14-17,20-23,26-29,32-35,38-41,66,70H,6-7,12-13,18-19,24-25,30-31,36-37,42-65H2,1-5H3/p+1/b10-8-,11-9-,16-14-,17-15-,22-20-,23-21-,28-26-,29-27-,34-32-,35-33-,40-38-,41-39-. The van der Waals surface area contributed by atoms with Crippen molar-refractivity contribution in [2.75, 3.05) is 47.5 Å². The third-order valence-corrected chi connectivity index (χ3v) is 12.6. The number of aliphatic carboxylic acids is 1. The molecule has 0 rings (SSSR count). The molecule has 0 saturated carbocycles. The lowest BCUT2D eigenvalue weighted by Crippen LogP contribution is -2.40. The minimum absolute atomic E-state index is 0.176. The maximum absolute atomic E-state index is 12.9. The van der Waals surface area contributed by atoms with E-state index in [0.29, 0.717) is 17.4 Å². The van der Waals surface area contributed by atoms with Crippen molar-refractivity contribution in [3.05, 3.63) is 146 Å². The van der Waals surface area contributed by atoms with Crippen LogP contribution in [0, 0.1) is 0 Å². The quantitative estimate of drug-likeness (QED) is 0.0211. The van der Waals surface area contributed by atoms with Gasteiger partial charge in [-0.05, 0) is 116 Å². The number of likely N-dealkylation sites (N-methyl/N-ethyl adjacent to an activating group) is 1. The second kappa shape index (κ2) is 59.3. The van der Waals surface area contributed by atoms with Crippen molar-refractivity contribution in [2.45, 2.75) is 232 Å². The van der Waals surface area contributed by atoms with Gasteiger partial charge in [0.1, 0.15) is 13.2 Å². The van der Waals surface area contributed by atoms with Crippen LogP contribution in [0.15, 0.2) is 146 Å². The van der Waals surface area contributed by atoms with Crippen LogP contribution in [0.4, 0.5) is 0 Å². The molecule has 0 fully saturated rings. The summed E-state index contributed by atoms with van der Waals surface area (Å²) in [6.07, 6.45) is 83.5. The van der Waals surface area contributed by atoms with Crippen LogP contribution in [0.3, 0.4) is 0 Å². The van der Waals surface area contributed by atoms with Crippen molar-refractivity contribution >= 4 is 17.9 Å². The molecule has 0 aromatic heterocycles. The molecule has 9 nitrogen and oxygen atoms in total. The van der Waals surface area contributed by atoms with Crippen LogP contribution in [0.1, 0.15) is 219 Å². The zero-order valence-corrected chi connectivity index (χ0v) is 50.7. The normalized spacial score (nSPS) is 13.8. The van der Waals surface area contributed by atoms with Gasteiger partial charge in [-0.25, -0.2) is 4.79 Å². The van der Waals surface area contributed by atoms with Gasteiger partial charge in [-0.3, -0.25) is 9.59 Å². The van der Waals surface area contributed by atoms with Gasteiger partial charge in [0.25, 0.3) is 6.29 Å². The Morgan fingerprint density at radius 3 is 1.01 bits per heavy atom. The Balaban J connectivity index is 4.30. The van der Waals surface area contributed by atoms with Crippen LogP contribution >= 0.6 is 0 Å². The largest absolute Gasteiger partial charge is 0.477 e. The first-order chi connectivity index (χ1) is 38.6. The van der Waals surface area contributed by atoms with Crippen molar-refractivity contribution in [1.82, 2.24) is 0 Å². The van der Waals surface area contributed by atoms with E-state index in [1.54, 1.807) is 0 Å². The molecule has 9 heteroatoms. The molecule has 2 unspecified atom stereocenters. The first kappa shape index (κ1) is 74.2. The number of quaternary nitrogens is 1. The van der Waals surface area contributed by atoms with Gasteiger partial charge >= 0.3 is 17.9 Å². The lowest BCUT2D eigenvalue weighted by atomic mass is 10.1. The van der Waals surface area contributed by atoms with Crippen molar-refractivity contribution in [2.24, 2.45) is 0 Å². The van der Waals surface area contributed by atoms with E-state index in [1.165, 1.54) is 51.4 Å². The monoisotopic (exact) mass is 1100 g/mol. The van der Waals surface area contributed by atoms with Gasteiger partial charge in [0, 0.05) is 12.8 Å². The third kappa shape index (κ3) is 60.7. The van der Waals surface area contributed by atoms with Crippen LogP contribution in [0.25, 0.3) is 0 Å². The van der Waals surface area contributed by atoms with Crippen molar-refractivity contribution < 1.29 is 42.9 Å². The molecule has 0 amide bonds. The summed E-state index contributed by atoms with van der Waals surface area (Å²) in [7, 11) is 5.95. The molecule has 1 N–H and O–H groups in total. The molecule has 0 aliphatic heterocycles. The molecule has 0 bridgehead atoms. The SMILES string of the molecule is CC/C=C\C/C=C\C/C=C\C/C=C\C/C=C\C/C=C\CCCCCCCCCCC(=O)OCC(COC(OCC[N+](C)(C)C)C(=O)O)OC(=O)CCCCCCCCCC/C=C\C/C=C\C/C=C\C/C=C\C/C=C\C/C=C\CC. The van der Waals surface area contributed by atoms with Crippen molar-refractivity contribution in [3.63, 3.8) is 0 Å². The Morgan fingerprint density at radius 1 is 0.380 bits per heavy atom. The van der Waals surface area contributed by atoms with Crippen LogP contribution in [-0.4, -0.2) is 87.4 Å². The van der Waals surface area contributed by atoms with Gasteiger partial charge in [-0.2, -0.15) is 0 Å². The molecule has 0 aliphatic rings. The second-order valence-corrected chi connectivity index (χ2v) is 21.2. The van der Waals surface area contributed by atoms with Crippen molar-refractivity contribution in [3.8, 4) is 0 Å². The molecule has 0 saturated heterocycles. The summed E-state index contributed by atoms with van der Waals surface area (Å²) in [5, 5.41) is 9.72. The number of carbonyl (C=O) groups is 3. The summed E-state index contributed by atoms with van der Waals surface area (Å²) < 4.78 is 22.9. The fourth-order valence-corrected chi connectivity index (χ4v) is 7.90. The van der Waals surface area contributed by atoms with Gasteiger partial charge in [-0.15, -0.1) is 0 Å². The highest BCUT2D eigenvalue weighted by Gasteiger charge is 2.25. The highest BCUT2D eigenvalue weighted by Crippen LogP contribution is 2.15. The number of esters is 2. The number of carboxylic acids is 1. The topological polar surface area (TPSA) is 108 Å². The lowest BCUT2D eigenvalue weighted by molar-refractivity contribution is -0.870. The Bertz CT molecular complexity index is 1800. The minimum atomic E-state index is -1.53. The first-order valence-corrected chi connectivity index (χ1v) is 31.0. The van der Waals surface area contributed by atoms with E-state index >= 15 is 0 Å². The summed E-state index contributed by atoms with van der Waals surface area (Å²) in [5.41, 5.74) is 0. The van der Waals surface area contributed by atoms with Crippen LogP contribution < -0.4 is 0 Å². The molecule has 0 heterocycles. The van der Waals surface area contributed by atoms with Gasteiger partial charge in [-0.1, -0.05) is 237 Å². The predicted molar refractivity (Wildman–Crippen MR) is 336 cm³/mol. The van der Waals surface area contributed by atoms with E-state index < -0.39 is 24.3 Å². The van der Waals surface area contributed by atoms with E-state index in [-0.39, 0.29) is 38.6 Å². The summed E-state index contributed by atoms with van der Waals surface area (Å²) in [6.45, 7) is 4.61. The Hall–Kier alpha value is -4.83. The third-order valence-electron chi connectivity index (χ3n) is 12.6. The zero-order valence-electron chi connectivity index (χ0n) is 50.7. The number of carbonyl (C=O) groups excluding carboxylic acids is 2. The van der Waals surface area contributed by atoms with E-state index in [4.69, 9.17) is 18.9 Å². The van der Waals surface area contributed by atoms with E-state index in [2.05, 4.69) is 160 Å². The number of carboxylic acid groups (broad SMARTS) is 1. The molecule has 0 spiro atoms. The fraction of sp³-hybridized carbons (Fsp3) is 0.614. The summed E-state index contributed by atoms with van der Waals surface area (Å²) in [5.74, 6) is -2.04. The average molecular weight is 1100 g/mol. The molecule has 0 aromatic rings. The highest BCUT2D eigenvalue weighted by atomic mass is 16.7. The average Bonchev–Trinajstić information content (AvgIpc) is 3.42. The maximum atomic E-state index is 12.9. The Kier molecular flexibility index (Phi) is 55.7. The Morgan fingerprint density at radius 2 is 0.684 bits per heavy atom. The van der Waals surface area contributed by atoms with Gasteiger partial charge < -0.3 is 28.5 Å². The van der Waals surface area contributed by atoms with E-state index in [0.717, 1.165) is 135 Å². The summed E-state index contributed by atoms with van der Waals surface area (Å²) >= 11 is 0. The summed E-state index contributed by atoms with van der Waals surface area (Å²) in [4.78, 5) is 37.5. The van der Waals surface area contributed by atoms with Crippen LogP contribution in [0.2, 0.25) is 0 Å². The van der Waals surface area contributed by atoms with Crippen LogP contribution in [-0.2, 0) is 33.3 Å². The fourth-order valence-electron chi connectivity index (χ4n) is 7.90. The minimum Gasteiger partial charge on any atom is -0.477 e. The number of hydrogen-bond acceptors (Lipinski definition) is 7. The highest BCUT2D eigenvalue weighted by molar-refractivity contribution is 5.71. The Labute approximate surface area is 483 Å². The number of nitrogens with zero attached hydrogens (tertiary/aromatic N) is 1. The molecule has 79 heavy (non-hydrogen) atoms. The second-order valence-electron chi connectivity index (χ2n) is 21.2. The molecular weight excluding hydrogens is 983 g/mol. The van der Waals surface area contributed by atoms with Gasteiger partial charge in [0.05, 0.1) is 34.4 Å². The van der Waals surface area contributed by atoms with Crippen molar-refractivity contribution in [1.29, 1.82) is 0 Å². The number of rotatable bonds is 55. The molecule has 446 valence electrons. The first-order valence-electron chi connectivity index (χ1n) is 31.0. The van der Waals surface area contributed by atoms with Crippen LogP contribution in [0.5, 0.6) is 0 Å². The smallest absolute Gasteiger partial charge is 0.361 e. The predicted octanol–water partition coefficient (Wildman–Crippen LogP) is 18.8. The van der Waals surface area contributed by atoms with Gasteiger partial charge in [0.15, 0.2) is 6.10 Å². The number of hydrogen-bond donors (Lipinski definition) is 1.